The third-order valence-electron chi connectivity index (χ3n) is 6.14. The smallest absolute Gasteiger partial charge is 0.251 e. The van der Waals surface area contributed by atoms with Gasteiger partial charge in [-0.1, -0.05) is 24.3 Å². The van der Waals surface area contributed by atoms with Crippen LogP contribution < -0.4 is 10.6 Å². The van der Waals surface area contributed by atoms with Gasteiger partial charge in [-0.2, -0.15) is 0 Å². The van der Waals surface area contributed by atoms with Crippen LogP contribution in [-0.4, -0.2) is 21.8 Å². The van der Waals surface area contributed by atoms with Crippen molar-refractivity contribution >= 4 is 28.3 Å². The minimum Gasteiger partial charge on any atom is -0.348 e. The molecule has 2 atom stereocenters. The van der Waals surface area contributed by atoms with E-state index in [1.807, 2.05) is 67.6 Å². The third kappa shape index (κ3) is 4.60. The maximum atomic E-state index is 12.8. The molecule has 2 aromatic carbocycles. The summed E-state index contributed by atoms with van der Waals surface area (Å²) in [7, 11) is 0. The van der Waals surface area contributed by atoms with Crippen molar-refractivity contribution in [1.29, 1.82) is 0 Å². The van der Waals surface area contributed by atoms with Crippen molar-refractivity contribution in [3.8, 4) is 0 Å². The van der Waals surface area contributed by atoms with Crippen LogP contribution in [0.5, 0.6) is 0 Å². The van der Waals surface area contributed by atoms with E-state index in [1.54, 1.807) is 18.6 Å². The zero-order valence-corrected chi connectivity index (χ0v) is 18.3. The highest BCUT2D eigenvalue weighted by Crippen LogP contribution is 2.48. The van der Waals surface area contributed by atoms with E-state index in [9.17, 15) is 9.59 Å². The van der Waals surface area contributed by atoms with Crippen LogP contribution in [0.15, 0.2) is 79.3 Å². The van der Waals surface area contributed by atoms with Gasteiger partial charge in [-0.3, -0.25) is 19.6 Å². The number of amides is 2. The number of anilines is 1. The van der Waals surface area contributed by atoms with Crippen molar-refractivity contribution in [2.24, 2.45) is 5.92 Å². The summed E-state index contributed by atoms with van der Waals surface area (Å²) in [6, 6.07) is 19.2. The van der Waals surface area contributed by atoms with Crippen LogP contribution in [0.1, 0.15) is 39.5 Å². The van der Waals surface area contributed by atoms with Gasteiger partial charge in [-0.05, 0) is 72.2 Å². The number of aryl methyl sites for hydroxylation is 1. The topological polar surface area (TPSA) is 84.0 Å². The van der Waals surface area contributed by atoms with Crippen molar-refractivity contribution < 1.29 is 9.59 Å². The summed E-state index contributed by atoms with van der Waals surface area (Å²) < 4.78 is 0. The molecule has 2 amide bonds. The van der Waals surface area contributed by atoms with E-state index in [4.69, 9.17) is 0 Å². The van der Waals surface area contributed by atoms with Gasteiger partial charge in [0, 0.05) is 53.4 Å². The first-order valence-corrected chi connectivity index (χ1v) is 11.0. The monoisotopic (exact) mass is 436 g/mol. The molecule has 0 aliphatic heterocycles. The number of nitrogens with one attached hydrogen (secondary N) is 2. The summed E-state index contributed by atoms with van der Waals surface area (Å²) in [4.78, 5) is 33.5. The zero-order chi connectivity index (χ0) is 22.8. The van der Waals surface area contributed by atoms with Crippen molar-refractivity contribution in [2.45, 2.75) is 25.8 Å². The third-order valence-corrected chi connectivity index (χ3v) is 6.14. The quantitative estimate of drug-likeness (QED) is 0.462. The Hall–Kier alpha value is -4.06. The fourth-order valence-corrected chi connectivity index (χ4v) is 4.16. The van der Waals surface area contributed by atoms with Crippen LogP contribution in [0.25, 0.3) is 10.8 Å². The van der Waals surface area contributed by atoms with Crippen molar-refractivity contribution in [3.63, 3.8) is 0 Å². The van der Waals surface area contributed by atoms with Gasteiger partial charge in [-0.15, -0.1) is 0 Å². The van der Waals surface area contributed by atoms with Gasteiger partial charge in [-0.25, -0.2) is 0 Å². The number of nitrogens with zero attached hydrogens (tertiary/aromatic N) is 2. The Kier molecular flexibility index (Phi) is 5.57. The Bertz CT molecular complexity index is 1320. The van der Waals surface area contributed by atoms with E-state index < -0.39 is 0 Å². The fraction of sp³-hybridized carbons (Fsp3) is 0.185. The summed E-state index contributed by atoms with van der Waals surface area (Å²) in [6.07, 6.45) is 6.03. The molecule has 0 spiro atoms. The minimum atomic E-state index is -0.128. The zero-order valence-electron chi connectivity index (χ0n) is 18.3. The molecule has 1 aliphatic rings. The van der Waals surface area contributed by atoms with Gasteiger partial charge in [0.1, 0.15) is 0 Å². The molecular formula is C27H24N4O2. The van der Waals surface area contributed by atoms with Crippen LogP contribution in [0, 0.1) is 12.8 Å². The average Bonchev–Trinajstić information content (AvgIpc) is 3.65. The van der Waals surface area contributed by atoms with E-state index in [-0.39, 0.29) is 23.7 Å². The van der Waals surface area contributed by atoms with Gasteiger partial charge in [0.05, 0.1) is 0 Å². The second-order valence-electron chi connectivity index (χ2n) is 8.44. The number of hydrogen-bond acceptors (Lipinski definition) is 4. The molecule has 2 N–H and O–H groups in total. The second kappa shape index (κ2) is 8.82. The first-order valence-electron chi connectivity index (χ1n) is 11.0. The highest BCUT2D eigenvalue weighted by atomic mass is 16.2. The van der Waals surface area contributed by atoms with Gasteiger partial charge >= 0.3 is 0 Å². The van der Waals surface area contributed by atoms with Gasteiger partial charge in [0.25, 0.3) is 5.91 Å². The Balaban J connectivity index is 1.18. The molecule has 0 radical (unpaired) electrons. The summed E-state index contributed by atoms with van der Waals surface area (Å²) in [6.45, 7) is 2.41. The predicted molar refractivity (Wildman–Crippen MR) is 128 cm³/mol. The second-order valence-corrected chi connectivity index (χ2v) is 8.44. The fourth-order valence-electron chi connectivity index (χ4n) is 4.16. The van der Waals surface area contributed by atoms with Crippen LogP contribution in [0.4, 0.5) is 5.69 Å². The maximum Gasteiger partial charge on any atom is 0.251 e. The number of rotatable bonds is 6. The number of fused-ring (bicyclic) bond motifs is 1. The van der Waals surface area contributed by atoms with E-state index in [0.29, 0.717) is 12.1 Å². The molecule has 33 heavy (non-hydrogen) atoms. The van der Waals surface area contributed by atoms with Crippen LogP contribution >= 0.6 is 0 Å². The molecule has 1 aliphatic carbocycles. The van der Waals surface area contributed by atoms with E-state index in [0.717, 1.165) is 39.7 Å². The molecule has 164 valence electrons. The summed E-state index contributed by atoms with van der Waals surface area (Å²) in [5.74, 6) is 0.0372. The molecule has 0 bridgehead atoms. The average molecular weight is 437 g/mol. The van der Waals surface area contributed by atoms with Gasteiger partial charge in [0.15, 0.2) is 0 Å². The number of carbonyl (C=O) groups is 2. The normalized spacial score (nSPS) is 16.9. The molecule has 2 unspecified atom stereocenters. The minimum absolute atomic E-state index is 0.0309. The Morgan fingerprint density at radius 1 is 1.03 bits per heavy atom. The standard InChI is InChI=1S/C27H24N4O2/c1-17-23-9-8-22(13-21(23)10-12-29-17)31-27(33)25-14-24(25)19-4-6-20(7-5-19)26(32)30-16-18-3-2-11-28-15-18/h2-13,15,24-25H,14,16H2,1H3,(H,30,32)(H,31,33). The first kappa shape index (κ1) is 20.8. The van der Waals surface area contributed by atoms with Crippen molar-refractivity contribution in [1.82, 2.24) is 15.3 Å². The largest absolute Gasteiger partial charge is 0.348 e. The lowest BCUT2D eigenvalue weighted by Gasteiger charge is -2.08. The molecule has 0 saturated heterocycles. The van der Waals surface area contributed by atoms with Crippen LogP contribution in [0.3, 0.4) is 0 Å². The molecule has 1 saturated carbocycles. The van der Waals surface area contributed by atoms with Crippen molar-refractivity contribution in [2.75, 3.05) is 5.32 Å². The highest BCUT2D eigenvalue weighted by Gasteiger charge is 2.43. The lowest BCUT2D eigenvalue weighted by Crippen LogP contribution is -2.22. The maximum absolute atomic E-state index is 12.8. The molecule has 6 nitrogen and oxygen atoms in total. The summed E-state index contributed by atoms with van der Waals surface area (Å²) in [5.41, 5.74) is 4.41. The predicted octanol–water partition coefficient (Wildman–Crippen LogP) is 4.61. The molecule has 2 aromatic heterocycles. The molecule has 1 fully saturated rings. The number of aromatic nitrogens is 2. The van der Waals surface area contributed by atoms with Gasteiger partial charge in [0.2, 0.25) is 5.91 Å². The number of benzene rings is 2. The van der Waals surface area contributed by atoms with Crippen molar-refractivity contribution in [3.05, 3.63) is 102 Å². The molecule has 6 heteroatoms. The Labute approximate surface area is 192 Å². The molecule has 4 aromatic rings. The summed E-state index contributed by atoms with van der Waals surface area (Å²) in [5, 5.41) is 8.10. The van der Waals surface area contributed by atoms with Crippen LogP contribution in [-0.2, 0) is 11.3 Å². The first-order chi connectivity index (χ1) is 16.1. The molecular weight excluding hydrogens is 412 g/mol. The van der Waals surface area contributed by atoms with Gasteiger partial charge < -0.3 is 10.6 Å². The molecule has 2 heterocycles. The number of hydrogen-bond donors (Lipinski definition) is 2. The highest BCUT2D eigenvalue weighted by molar-refractivity contribution is 5.98. The number of carbonyl (C=O) groups excluding carboxylic acids is 2. The Morgan fingerprint density at radius 3 is 2.67 bits per heavy atom. The number of pyridine rings is 2. The van der Waals surface area contributed by atoms with E-state index in [1.165, 1.54) is 0 Å². The Morgan fingerprint density at radius 2 is 1.88 bits per heavy atom. The molecule has 5 rings (SSSR count). The van der Waals surface area contributed by atoms with E-state index >= 15 is 0 Å². The lowest BCUT2D eigenvalue weighted by atomic mass is 10.1. The SMILES string of the molecule is Cc1nccc2cc(NC(=O)C3CC3c3ccc(C(=O)NCc4cccnc4)cc3)ccc12. The van der Waals surface area contributed by atoms with Crippen LogP contribution in [0.2, 0.25) is 0 Å². The van der Waals surface area contributed by atoms with E-state index in [2.05, 4.69) is 20.6 Å². The lowest BCUT2D eigenvalue weighted by molar-refractivity contribution is -0.117. The summed E-state index contributed by atoms with van der Waals surface area (Å²) >= 11 is 0.